The number of halogens is 6. The van der Waals surface area contributed by atoms with Gasteiger partial charge in [-0.25, -0.2) is 22.0 Å². The standard InChI is InChI=1S/C34H28ClF5N6O2S/c35-26-24(19-6-7-21(37)30-23(19)20(11-41)31(42)49-30)27(40)28-25-29(26)47-14-18(5-4-16-2-3-16)46(13-22(38)39)32(25)44-33(43-28)48-15-34-8-1-9-45(34)12-17(36)10-34/h6-7,16-18,22H,1-3,8-10,12-15,42H2/t17-,18?,34+/m1/s1. The first kappa shape index (κ1) is 32.1. The number of nitrogen functional groups attached to an aromatic ring is 1. The van der Waals surface area contributed by atoms with Gasteiger partial charge in [-0.3, -0.25) is 4.90 Å². The van der Waals surface area contributed by atoms with Crippen molar-refractivity contribution in [2.24, 2.45) is 5.92 Å². The van der Waals surface area contributed by atoms with Crippen molar-refractivity contribution in [1.82, 2.24) is 14.9 Å². The predicted molar refractivity (Wildman–Crippen MR) is 176 cm³/mol. The van der Waals surface area contributed by atoms with Gasteiger partial charge in [0.25, 0.3) is 6.43 Å². The van der Waals surface area contributed by atoms with Gasteiger partial charge < -0.3 is 20.1 Å². The molecule has 3 aliphatic heterocycles. The monoisotopic (exact) mass is 714 g/mol. The van der Waals surface area contributed by atoms with Crippen LogP contribution in [0.5, 0.6) is 11.8 Å². The molecule has 5 heterocycles. The maximum atomic E-state index is 17.1. The molecule has 15 heteroatoms. The van der Waals surface area contributed by atoms with Crippen LogP contribution in [0.3, 0.4) is 0 Å². The molecule has 2 aromatic carbocycles. The van der Waals surface area contributed by atoms with E-state index in [0.717, 1.165) is 36.7 Å². The summed E-state index contributed by atoms with van der Waals surface area (Å²) in [5.41, 5.74) is 4.87. The number of nitrogens with zero attached hydrogens (tertiary/aromatic N) is 5. The Bertz CT molecular complexity index is 2130. The third-order valence-electron chi connectivity index (χ3n) is 9.77. The highest BCUT2D eigenvalue weighted by Gasteiger charge is 2.49. The Morgan fingerprint density at radius 1 is 1.20 bits per heavy atom. The average Bonchev–Trinajstić information content (AvgIpc) is 3.65. The number of hydrogen-bond acceptors (Lipinski definition) is 9. The quantitative estimate of drug-likeness (QED) is 0.167. The van der Waals surface area contributed by atoms with E-state index >= 15 is 4.39 Å². The molecule has 1 aliphatic carbocycles. The number of aromatic nitrogens is 2. The molecular formula is C34H28ClF5N6O2S. The van der Waals surface area contributed by atoms with Gasteiger partial charge in [-0.1, -0.05) is 29.5 Å². The van der Waals surface area contributed by atoms with E-state index in [4.69, 9.17) is 26.8 Å². The van der Waals surface area contributed by atoms with E-state index in [1.54, 1.807) is 0 Å². The van der Waals surface area contributed by atoms with Crippen molar-refractivity contribution >= 4 is 54.7 Å². The number of nitriles is 1. The molecule has 4 aromatic rings. The smallest absolute Gasteiger partial charge is 0.319 e. The summed E-state index contributed by atoms with van der Waals surface area (Å²) in [6.45, 7) is -0.0424. The molecule has 2 aromatic heterocycles. The minimum atomic E-state index is -2.83. The Morgan fingerprint density at radius 3 is 2.78 bits per heavy atom. The van der Waals surface area contributed by atoms with Crippen LogP contribution in [-0.4, -0.2) is 71.9 Å². The normalized spacial score (nSPS) is 23.3. The molecular weight excluding hydrogens is 687 g/mol. The summed E-state index contributed by atoms with van der Waals surface area (Å²) in [6, 6.07) is 3.16. The van der Waals surface area contributed by atoms with Crippen LogP contribution >= 0.6 is 22.9 Å². The largest absolute Gasteiger partial charge is 0.488 e. The fourth-order valence-corrected chi connectivity index (χ4v) is 8.64. The van der Waals surface area contributed by atoms with Gasteiger partial charge in [0.15, 0.2) is 11.6 Å². The molecule has 2 saturated heterocycles. The van der Waals surface area contributed by atoms with E-state index in [9.17, 15) is 22.8 Å². The van der Waals surface area contributed by atoms with Crippen molar-refractivity contribution in [3.63, 3.8) is 0 Å². The van der Waals surface area contributed by atoms with E-state index in [-0.39, 0.29) is 97.4 Å². The number of benzene rings is 2. The minimum absolute atomic E-state index is 0.00183. The predicted octanol–water partition coefficient (Wildman–Crippen LogP) is 7.10. The number of ether oxygens (including phenoxy) is 2. The summed E-state index contributed by atoms with van der Waals surface area (Å²) in [7, 11) is 0. The number of anilines is 2. The molecule has 0 bridgehead atoms. The molecule has 0 radical (unpaired) electrons. The lowest BCUT2D eigenvalue weighted by Gasteiger charge is -2.31. The molecule has 0 amide bonds. The third-order valence-corrected chi connectivity index (χ3v) is 11.2. The van der Waals surface area contributed by atoms with Gasteiger partial charge in [0.2, 0.25) is 0 Å². The Kier molecular flexibility index (Phi) is 7.89. The van der Waals surface area contributed by atoms with Gasteiger partial charge in [0.1, 0.15) is 53.6 Å². The van der Waals surface area contributed by atoms with E-state index in [1.807, 2.05) is 11.0 Å². The van der Waals surface area contributed by atoms with Gasteiger partial charge >= 0.3 is 6.01 Å². The van der Waals surface area contributed by atoms with E-state index in [2.05, 4.69) is 21.8 Å². The second-order valence-electron chi connectivity index (χ2n) is 12.9. The summed E-state index contributed by atoms with van der Waals surface area (Å²) >= 11 is 7.79. The van der Waals surface area contributed by atoms with Crippen molar-refractivity contribution in [1.29, 1.82) is 5.26 Å². The van der Waals surface area contributed by atoms with Gasteiger partial charge in [-0.15, -0.1) is 11.3 Å². The van der Waals surface area contributed by atoms with Gasteiger partial charge in [0, 0.05) is 29.8 Å². The lowest BCUT2D eigenvalue weighted by molar-refractivity contribution is 0.107. The first-order chi connectivity index (χ1) is 23.6. The highest BCUT2D eigenvalue weighted by atomic mass is 35.5. The van der Waals surface area contributed by atoms with Crippen LogP contribution in [0.2, 0.25) is 5.02 Å². The summed E-state index contributed by atoms with van der Waals surface area (Å²) < 4.78 is 87.4. The second kappa shape index (κ2) is 12.0. The Balaban J connectivity index is 1.35. The zero-order valence-electron chi connectivity index (χ0n) is 25.8. The topological polar surface area (TPSA) is 101 Å². The van der Waals surface area contributed by atoms with E-state index in [1.165, 1.54) is 11.0 Å². The summed E-state index contributed by atoms with van der Waals surface area (Å²) in [5.74, 6) is 4.47. The average molecular weight is 715 g/mol. The Hall–Kier alpha value is -4.11. The number of alkyl halides is 3. The fraction of sp³-hybridized carbons (Fsp3) is 0.441. The molecule has 0 spiro atoms. The molecule has 254 valence electrons. The molecule has 49 heavy (non-hydrogen) atoms. The van der Waals surface area contributed by atoms with Crippen molar-refractivity contribution in [3.05, 3.63) is 34.4 Å². The minimum Gasteiger partial charge on any atom is -0.488 e. The number of hydrogen-bond donors (Lipinski definition) is 1. The molecule has 3 atom stereocenters. The third kappa shape index (κ3) is 5.36. The van der Waals surface area contributed by atoms with Crippen LogP contribution in [-0.2, 0) is 0 Å². The highest BCUT2D eigenvalue weighted by Crippen LogP contribution is 2.51. The molecule has 3 fully saturated rings. The molecule has 8 nitrogen and oxygen atoms in total. The number of thiophene rings is 1. The van der Waals surface area contributed by atoms with Crippen molar-refractivity contribution in [3.8, 4) is 40.8 Å². The highest BCUT2D eigenvalue weighted by molar-refractivity contribution is 7.23. The van der Waals surface area contributed by atoms with Crippen LogP contribution in [0.1, 0.15) is 37.7 Å². The first-order valence-corrected chi connectivity index (χ1v) is 17.1. The SMILES string of the molecule is N#Cc1c(N)sc2c(F)ccc(-c3c(Cl)c4c5c(nc(OC[C@@]67CCCN6C[C@H](F)C7)nc5c3F)N(CC(F)F)C(C#CC3CC3)CO4)c12. The lowest BCUT2D eigenvalue weighted by atomic mass is 9.95. The van der Waals surface area contributed by atoms with Crippen LogP contribution in [0, 0.1) is 40.7 Å². The zero-order valence-corrected chi connectivity index (χ0v) is 27.4. The maximum absolute atomic E-state index is 17.1. The summed E-state index contributed by atoms with van der Waals surface area (Å²) in [4.78, 5) is 12.3. The summed E-state index contributed by atoms with van der Waals surface area (Å²) in [6.07, 6.45) is -0.277. The number of nitrogens with two attached hydrogens (primary N) is 1. The van der Waals surface area contributed by atoms with Gasteiger partial charge in [-0.2, -0.15) is 15.2 Å². The Morgan fingerprint density at radius 2 is 2.02 bits per heavy atom. The second-order valence-corrected chi connectivity index (χ2v) is 14.4. The summed E-state index contributed by atoms with van der Waals surface area (Å²) in [5, 5.41) is 9.70. The van der Waals surface area contributed by atoms with Gasteiger partial charge in [0.05, 0.1) is 32.8 Å². The van der Waals surface area contributed by atoms with Crippen molar-refractivity contribution in [2.45, 2.75) is 56.3 Å². The molecule has 8 rings (SSSR count). The molecule has 1 saturated carbocycles. The number of rotatable bonds is 6. The zero-order chi connectivity index (χ0) is 34.2. The van der Waals surface area contributed by atoms with Crippen LogP contribution in [0.25, 0.3) is 32.1 Å². The molecule has 4 aliphatic rings. The van der Waals surface area contributed by atoms with Crippen molar-refractivity contribution in [2.75, 3.05) is 43.5 Å². The van der Waals surface area contributed by atoms with Crippen LogP contribution in [0.4, 0.5) is 32.8 Å². The molecule has 2 N–H and O–H groups in total. The van der Waals surface area contributed by atoms with E-state index in [0.29, 0.717) is 13.0 Å². The van der Waals surface area contributed by atoms with Crippen molar-refractivity contribution < 1.29 is 31.4 Å². The lowest BCUT2D eigenvalue weighted by Crippen LogP contribution is -2.43. The Labute approximate surface area is 286 Å². The fourth-order valence-electron chi connectivity index (χ4n) is 7.36. The van der Waals surface area contributed by atoms with Crippen LogP contribution in [0.15, 0.2) is 12.1 Å². The van der Waals surface area contributed by atoms with Crippen LogP contribution < -0.4 is 20.1 Å². The number of fused-ring (bicyclic) bond motifs is 2. The molecule has 1 unspecified atom stereocenters. The van der Waals surface area contributed by atoms with E-state index < -0.39 is 42.4 Å². The maximum Gasteiger partial charge on any atom is 0.319 e. The van der Waals surface area contributed by atoms with Gasteiger partial charge in [-0.05, 0) is 43.9 Å². The first-order valence-electron chi connectivity index (χ1n) is 15.9.